The summed E-state index contributed by atoms with van der Waals surface area (Å²) < 4.78 is 0.983. The topological polar surface area (TPSA) is 29.1 Å². The second-order valence-corrected chi connectivity index (χ2v) is 6.04. The van der Waals surface area contributed by atoms with Crippen LogP contribution in [0, 0.1) is 0 Å². The summed E-state index contributed by atoms with van der Waals surface area (Å²) in [5.41, 5.74) is 3.33. The van der Waals surface area contributed by atoms with Gasteiger partial charge in [-0.2, -0.15) is 0 Å². The third-order valence-corrected chi connectivity index (χ3v) is 4.31. The number of halogens is 1. The maximum atomic E-state index is 12.3. The first-order valence-electron chi connectivity index (χ1n) is 6.88. The molecule has 1 aliphatic carbocycles. The fraction of sp³-hybridized carbons (Fsp3) is 0.235. The van der Waals surface area contributed by atoms with Crippen LogP contribution in [0.5, 0.6) is 0 Å². The average Bonchev–Trinajstić information content (AvgIpc) is 2.48. The molecule has 0 fully saturated rings. The highest BCUT2D eigenvalue weighted by atomic mass is 79.9. The molecule has 2 aromatic rings. The summed E-state index contributed by atoms with van der Waals surface area (Å²) >= 11 is 3.38. The van der Waals surface area contributed by atoms with Gasteiger partial charge < -0.3 is 5.32 Å². The molecule has 0 saturated heterocycles. The summed E-state index contributed by atoms with van der Waals surface area (Å²) in [6.45, 7) is 0. The molecule has 0 radical (unpaired) electrons. The predicted molar refractivity (Wildman–Crippen MR) is 83.7 cm³/mol. The normalized spacial score (nSPS) is 17.4. The van der Waals surface area contributed by atoms with Crippen LogP contribution in [-0.2, 0) is 6.42 Å². The van der Waals surface area contributed by atoms with E-state index in [9.17, 15) is 4.79 Å². The van der Waals surface area contributed by atoms with E-state index in [0.717, 1.165) is 23.7 Å². The maximum Gasteiger partial charge on any atom is 0.251 e. The zero-order valence-corrected chi connectivity index (χ0v) is 12.7. The number of hydrogen-bond donors (Lipinski definition) is 1. The lowest BCUT2D eigenvalue weighted by Gasteiger charge is -2.26. The summed E-state index contributed by atoms with van der Waals surface area (Å²) in [7, 11) is 0. The van der Waals surface area contributed by atoms with Crippen LogP contribution in [0.3, 0.4) is 0 Å². The molecule has 2 aromatic carbocycles. The maximum absolute atomic E-state index is 12.3. The Morgan fingerprint density at radius 3 is 2.65 bits per heavy atom. The van der Waals surface area contributed by atoms with Gasteiger partial charge in [-0.25, -0.2) is 0 Å². The molecule has 0 heterocycles. The van der Waals surface area contributed by atoms with Gasteiger partial charge in [0.15, 0.2) is 0 Å². The zero-order valence-electron chi connectivity index (χ0n) is 11.1. The molecule has 3 heteroatoms. The van der Waals surface area contributed by atoms with Crippen molar-refractivity contribution in [3.05, 3.63) is 69.7 Å². The highest BCUT2D eigenvalue weighted by Gasteiger charge is 2.21. The molecule has 0 bridgehead atoms. The average molecular weight is 330 g/mol. The van der Waals surface area contributed by atoms with Gasteiger partial charge in [0.05, 0.1) is 6.04 Å². The lowest BCUT2D eigenvalue weighted by molar-refractivity contribution is 0.0933. The molecular formula is C17H16BrNO. The Morgan fingerprint density at radius 1 is 1.10 bits per heavy atom. The van der Waals surface area contributed by atoms with E-state index in [4.69, 9.17) is 0 Å². The first kappa shape index (κ1) is 13.4. The van der Waals surface area contributed by atoms with Gasteiger partial charge in [0.2, 0.25) is 0 Å². The standard InChI is InChI=1S/C17H16BrNO/c18-14-10-8-13(9-11-14)17(20)19-16-7-3-5-12-4-1-2-6-15(12)16/h1-2,4,6,8-11,16H,3,5,7H2,(H,19,20)/t16-/m0/s1. The Balaban J connectivity index is 1.79. The minimum Gasteiger partial charge on any atom is -0.345 e. The molecular weight excluding hydrogens is 314 g/mol. The lowest BCUT2D eigenvalue weighted by Crippen LogP contribution is -2.30. The molecule has 3 rings (SSSR count). The van der Waals surface area contributed by atoms with Gasteiger partial charge in [0.25, 0.3) is 5.91 Å². The number of carbonyl (C=O) groups excluding carboxylic acids is 1. The van der Waals surface area contributed by atoms with E-state index in [1.54, 1.807) is 0 Å². The summed E-state index contributed by atoms with van der Waals surface area (Å²) in [5.74, 6) is -0.000738. The highest BCUT2D eigenvalue weighted by molar-refractivity contribution is 9.10. The van der Waals surface area contributed by atoms with Crippen molar-refractivity contribution < 1.29 is 4.79 Å². The van der Waals surface area contributed by atoms with Crippen molar-refractivity contribution >= 4 is 21.8 Å². The summed E-state index contributed by atoms with van der Waals surface area (Å²) in [4.78, 5) is 12.3. The van der Waals surface area contributed by atoms with Crippen LogP contribution < -0.4 is 5.32 Å². The summed E-state index contributed by atoms with van der Waals surface area (Å²) in [5, 5.41) is 3.16. The molecule has 1 atom stereocenters. The first-order chi connectivity index (χ1) is 9.74. The Bertz CT molecular complexity index is 621. The Kier molecular flexibility index (Phi) is 3.88. The van der Waals surface area contributed by atoms with E-state index in [-0.39, 0.29) is 11.9 Å². The van der Waals surface area contributed by atoms with E-state index in [0.29, 0.717) is 5.56 Å². The van der Waals surface area contributed by atoms with E-state index in [1.807, 2.05) is 30.3 Å². The SMILES string of the molecule is O=C(N[C@H]1CCCc2ccccc21)c1ccc(Br)cc1. The van der Waals surface area contributed by atoms with Gasteiger partial charge in [0, 0.05) is 10.0 Å². The molecule has 0 unspecified atom stereocenters. The zero-order chi connectivity index (χ0) is 13.9. The summed E-state index contributed by atoms with van der Waals surface area (Å²) in [6.07, 6.45) is 3.25. The fourth-order valence-corrected chi connectivity index (χ4v) is 3.01. The van der Waals surface area contributed by atoms with Crippen molar-refractivity contribution in [3.63, 3.8) is 0 Å². The molecule has 0 aromatic heterocycles. The second kappa shape index (κ2) is 5.80. The van der Waals surface area contributed by atoms with Crippen LogP contribution in [0.1, 0.15) is 40.4 Å². The number of carbonyl (C=O) groups is 1. The number of nitrogens with one attached hydrogen (secondary N) is 1. The van der Waals surface area contributed by atoms with E-state index in [1.165, 1.54) is 11.1 Å². The van der Waals surface area contributed by atoms with E-state index >= 15 is 0 Å². The minimum absolute atomic E-state index is 0.000738. The van der Waals surface area contributed by atoms with Crippen LogP contribution in [0.25, 0.3) is 0 Å². The van der Waals surface area contributed by atoms with Crippen molar-refractivity contribution in [2.24, 2.45) is 0 Å². The molecule has 1 amide bonds. The second-order valence-electron chi connectivity index (χ2n) is 5.12. The van der Waals surface area contributed by atoms with Gasteiger partial charge in [0.1, 0.15) is 0 Å². The van der Waals surface area contributed by atoms with Gasteiger partial charge in [-0.3, -0.25) is 4.79 Å². The molecule has 20 heavy (non-hydrogen) atoms. The number of benzene rings is 2. The van der Waals surface area contributed by atoms with Crippen molar-refractivity contribution in [3.8, 4) is 0 Å². The van der Waals surface area contributed by atoms with E-state index in [2.05, 4.69) is 39.4 Å². The molecule has 102 valence electrons. The smallest absolute Gasteiger partial charge is 0.251 e. The van der Waals surface area contributed by atoms with Crippen molar-refractivity contribution in [2.45, 2.75) is 25.3 Å². The Hall–Kier alpha value is -1.61. The third-order valence-electron chi connectivity index (χ3n) is 3.78. The number of aryl methyl sites for hydroxylation is 1. The Morgan fingerprint density at radius 2 is 1.85 bits per heavy atom. The van der Waals surface area contributed by atoms with Crippen molar-refractivity contribution in [2.75, 3.05) is 0 Å². The molecule has 1 N–H and O–H groups in total. The molecule has 0 spiro atoms. The van der Waals surface area contributed by atoms with Crippen LogP contribution in [0.2, 0.25) is 0 Å². The van der Waals surface area contributed by atoms with Gasteiger partial charge in [-0.15, -0.1) is 0 Å². The van der Waals surface area contributed by atoms with E-state index < -0.39 is 0 Å². The van der Waals surface area contributed by atoms with Crippen molar-refractivity contribution in [1.82, 2.24) is 5.32 Å². The largest absolute Gasteiger partial charge is 0.345 e. The number of amides is 1. The third kappa shape index (κ3) is 2.78. The van der Waals surface area contributed by atoms with Gasteiger partial charge >= 0.3 is 0 Å². The number of hydrogen-bond acceptors (Lipinski definition) is 1. The van der Waals surface area contributed by atoms with Gasteiger partial charge in [-0.1, -0.05) is 40.2 Å². The number of fused-ring (bicyclic) bond motifs is 1. The Labute approximate surface area is 127 Å². The molecule has 1 aliphatic rings. The lowest BCUT2D eigenvalue weighted by atomic mass is 9.87. The monoisotopic (exact) mass is 329 g/mol. The molecule has 0 aliphatic heterocycles. The quantitative estimate of drug-likeness (QED) is 0.876. The first-order valence-corrected chi connectivity index (χ1v) is 7.67. The molecule has 0 saturated carbocycles. The van der Waals surface area contributed by atoms with Crippen LogP contribution in [-0.4, -0.2) is 5.91 Å². The summed E-state index contributed by atoms with van der Waals surface area (Å²) in [6, 6.07) is 16.0. The van der Waals surface area contributed by atoms with Crippen molar-refractivity contribution in [1.29, 1.82) is 0 Å². The van der Waals surface area contributed by atoms with Crippen LogP contribution in [0.15, 0.2) is 53.0 Å². The number of rotatable bonds is 2. The van der Waals surface area contributed by atoms with Gasteiger partial charge in [-0.05, 0) is 54.7 Å². The highest BCUT2D eigenvalue weighted by Crippen LogP contribution is 2.29. The fourth-order valence-electron chi connectivity index (χ4n) is 2.75. The van der Waals surface area contributed by atoms with Crippen LogP contribution in [0.4, 0.5) is 0 Å². The predicted octanol–water partition coefficient (Wildman–Crippen LogP) is 4.26. The van der Waals surface area contributed by atoms with Crippen LogP contribution >= 0.6 is 15.9 Å². The minimum atomic E-state index is -0.000738. The molecule has 2 nitrogen and oxygen atoms in total.